The lowest BCUT2D eigenvalue weighted by Gasteiger charge is -2.14. The molecule has 7 heteroatoms. The zero-order valence-electron chi connectivity index (χ0n) is 10.3. The number of ether oxygens (including phenoxy) is 3. The zero-order chi connectivity index (χ0) is 14.3. The van der Waals surface area contributed by atoms with Gasteiger partial charge in [0.2, 0.25) is 0 Å². The molecule has 0 heterocycles. The van der Waals surface area contributed by atoms with Crippen LogP contribution in [0.1, 0.15) is 10.4 Å². The molecule has 0 aromatic heterocycles. The van der Waals surface area contributed by atoms with Crippen LogP contribution in [0.15, 0.2) is 12.1 Å². The molecule has 1 rings (SSSR count). The van der Waals surface area contributed by atoms with Crippen molar-refractivity contribution >= 4 is 49.4 Å². The molecule has 0 saturated heterocycles. The third-order valence-corrected chi connectivity index (χ3v) is 3.16. The fourth-order valence-electron chi connectivity index (χ4n) is 1.34. The lowest BCUT2D eigenvalue weighted by Crippen LogP contribution is -2.09. The van der Waals surface area contributed by atoms with Gasteiger partial charge in [-0.3, -0.25) is 0 Å². The number of alkyl halides is 2. The first kappa shape index (κ1) is 16.6. The molecule has 0 atom stereocenters. The standard InChI is InChI=1S/C12H13Br2ClO4/c1-17-9-3-2-8(12(16)19-7-5-14)10(15)11(9)18-6-4-13/h2-3H,4-7H2,1H3. The van der Waals surface area contributed by atoms with E-state index in [0.717, 1.165) is 0 Å². The summed E-state index contributed by atoms with van der Waals surface area (Å²) in [5.74, 6) is 0.329. The van der Waals surface area contributed by atoms with Gasteiger partial charge < -0.3 is 14.2 Å². The highest BCUT2D eigenvalue weighted by molar-refractivity contribution is 9.09. The summed E-state index contributed by atoms with van der Waals surface area (Å²) in [5.41, 5.74) is 0.257. The van der Waals surface area contributed by atoms with E-state index in [4.69, 9.17) is 25.8 Å². The highest BCUT2D eigenvalue weighted by Crippen LogP contribution is 2.37. The molecule has 19 heavy (non-hydrogen) atoms. The molecule has 0 aliphatic carbocycles. The summed E-state index contributed by atoms with van der Waals surface area (Å²) in [5, 5.41) is 1.41. The lowest BCUT2D eigenvalue weighted by atomic mass is 10.2. The number of benzene rings is 1. The monoisotopic (exact) mass is 414 g/mol. The van der Waals surface area contributed by atoms with Crippen molar-refractivity contribution in [1.82, 2.24) is 0 Å². The number of halogens is 3. The van der Waals surface area contributed by atoms with E-state index in [-0.39, 0.29) is 17.2 Å². The Kier molecular flexibility index (Phi) is 7.56. The summed E-state index contributed by atoms with van der Waals surface area (Å²) >= 11 is 12.6. The number of hydrogen-bond donors (Lipinski definition) is 0. The van der Waals surface area contributed by atoms with Gasteiger partial charge >= 0.3 is 5.97 Å². The van der Waals surface area contributed by atoms with Crippen LogP contribution in [0.3, 0.4) is 0 Å². The molecule has 1 aromatic rings. The van der Waals surface area contributed by atoms with Crippen LogP contribution in [-0.2, 0) is 4.74 Å². The van der Waals surface area contributed by atoms with Crippen molar-refractivity contribution in [2.45, 2.75) is 0 Å². The maximum Gasteiger partial charge on any atom is 0.339 e. The van der Waals surface area contributed by atoms with Gasteiger partial charge in [-0.2, -0.15) is 0 Å². The molecule has 1 aromatic carbocycles. The first-order valence-electron chi connectivity index (χ1n) is 5.44. The van der Waals surface area contributed by atoms with Crippen LogP contribution in [0.5, 0.6) is 11.5 Å². The van der Waals surface area contributed by atoms with Crippen LogP contribution >= 0.6 is 43.5 Å². The second-order valence-electron chi connectivity index (χ2n) is 3.32. The molecule has 4 nitrogen and oxygen atoms in total. The molecule has 0 unspecified atom stereocenters. The summed E-state index contributed by atoms with van der Waals surface area (Å²) < 4.78 is 15.7. The fourth-order valence-corrected chi connectivity index (χ4v) is 1.95. The van der Waals surface area contributed by atoms with Crippen LogP contribution in [-0.4, -0.2) is 37.0 Å². The van der Waals surface area contributed by atoms with Crippen molar-refractivity contribution in [2.24, 2.45) is 0 Å². The largest absolute Gasteiger partial charge is 0.493 e. The van der Waals surface area contributed by atoms with E-state index >= 15 is 0 Å². The first-order chi connectivity index (χ1) is 9.15. The van der Waals surface area contributed by atoms with Crippen molar-refractivity contribution in [3.05, 3.63) is 22.7 Å². The van der Waals surface area contributed by atoms with E-state index in [1.165, 1.54) is 7.11 Å². The predicted octanol–water partition coefficient (Wildman–Crippen LogP) is 3.67. The molecule has 0 spiro atoms. The van der Waals surface area contributed by atoms with Gasteiger partial charge in [0.25, 0.3) is 0 Å². The van der Waals surface area contributed by atoms with Gasteiger partial charge in [-0.05, 0) is 12.1 Å². The third kappa shape index (κ3) is 4.54. The Morgan fingerprint density at radius 3 is 2.53 bits per heavy atom. The topological polar surface area (TPSA) is 44.8 Å². The SMILES string of the molecule is COc1ccc(C(=O)OCCBr)c(Cl)c1OCCBr. The minimum absolute atomic E-state index is 0.194. The van der Waals surface area contributed by atoms with E-state index in [1.807, 2.05) is 0 Å². The second kappa shape index (κ2) is 8.66. The predicted molar refractivity (Wildman–Crippen MR) is 81.4 cm³/mol. The van der Waals surface area contributed by atoms with Crippen LogP contribution < -0.4 is 9.47 Å². The Labute approximate surface area is 133 Å². The number of carbonyl (C=O) groups is 1. The first-order valence-corrected chi connectivity index (χ1v) is 8.06. The summed E-state index contributed by atoms with van der Waals surface area (Å²) in [7, 11) is 1.51. The molecular formula is C12H13Br2ClO4. The Hall–Kier alpha value is -0.460. The van der Waals surface area contributed by atoms with Gasteiger partial charge in [-0.25, -0.2) is 4.79 Å². The summed E-state index contributed by atoms with van der Waals surface area (Å²) in [6.07, 6.45) is 0. The average Bonchev–Trinajstić information content (AvgIpc) is 2.43. The van der Waals surface area contributed by atoms with Gasteiger partial charge in [0.15, 0.2) is 11.5 Å². The van der Waals surface area contributed by atoms with Gasteiger partial charge in [0.05, 0.1) is 19.3 Å². The molecule has 0 aliphatic rings. The van der Waals surface area contributed by atoms with Crippen LogP contribution in [0.4, 0.5) is 0 Å². The Morgan fingerprint density at radius 1 is 1.26 bits per heavy atom. The molecular weight excluding hydrogens is 403 g/mol. The van der Waals surface area contributed by atoms with Crippen molar-refractivity contribution in [1.29, 1.82) is 0 Å². The minimum Gasteiger partial charge on any atom is -0.493 e. The molecule has 0 fully saturated rings. The number of methoxy groups -OCH3 is 1. The second-order valence-corrected chi connectivity index (χ2v) is 5.28. The van der Waals surface area contributed by atoms with Crippen molar-refractivity contribution in [3.63, 3.8) is 0 Å². The maximum atomic E-state index is 11.8. The number of carbonyl (C=O) groups excluding carboxylic acids is 1. The van der Waals surface area contributed by atoms with E-state index in [1.54, 1.807) is 12.1 Å². The van der Waals surface area contributed by atoms with Crippen molar-refractivity contribution in [2.75, 3.05) is 31.0 Å². The Bertz CT molecular complexity index is 440. The van der Waals surface area contributed by atoms with Gasteiger partial charge in [0, 0.05) is 10.7 Å². The number of esters is 1. The molecule has 0 bridgehead atoms. The van der Waals surface area contributed by atoms with E-state index < -0.39 is 5.97 Å². The van der Waals surface area contributed by atoms with E-state index in [9.17, 15) is 4.79 Å². The third-order valence-electron chi connectivity index (χ3n) is 2.13. The quantitative estimate of drug-likeness (QED) is 0.503. The minimum atomic E-state index is -0.490. The molecule has 106 valence electrons. The van der Waals surface area contributed by atoms with E-state index in [2.05, 4.69) is 31.9 Å². The Balaban J connectivity index is 3.03. The number of hydrogen-bond acceptors (Lipinski definition) is 4. The molecule has 0 saturated carbocycles. The maximum absolute atomic E-state index is 11.8. The van der Waals surface area contributed by atoms with Crippen LogP contribution in [0, 0.1) is 0 Å². The van der Waals surface area contributed by atoms with E-state index in [0.29, 0.717) is 28.8 Å². The summed E-state index contributed by atoms with van der Waals surface area (Å²) in [6.45, 7) is 0.689. The Morgan fingerprint density at radius 2 is 1.95 bits per heavy atom. The van der Waals surface area contributed by atoms with Crippen molar-refractivity contribution in [3.8, 4) is 11.5 Å². The average molecular weight is 416 g/mol. The van der Waals surface area contributed by atoms with Gasteiger partial charge in [-0.15, -0.1) is 0 Å². The highest BCUT2D eigenvalue weighted by atomic mass is 79.9. The normalized spacial score (nSPS) is 10.1. The lowest BCUT2D eigenvalue weighted by molar-refractivity contribution is 0.0531. The molecule has 0 amide bonds. The van der Waals surface area contributed by atoms with Crippen LogP contribution in [0.25, 0.3) is 0 Å². The molecule has 0 N–H and O–H groups in total. The summed E-state index contributed by atoms with van der Waals surface area (Å²) in [4.78, 5) is 11.8. The van der Waals surface area contributed by atoms with Gasteiger partial charge in [0.1, 0.15) is 11.6 Å². The molecule has 0 radical (unpaired) electrons. The highest BCUT2D eigenvalue weighted by Gasteiger charge is 2.19. The van der Waals surface area contributed by atoms with Crippen LogP contribution in [0.2, 0.25) is 5.02 Å². The summed E-state index contributed by atoms with van der Waals surface area (Å²) in [6, 6.07) is 3.18. The number of rotatable bonds is 7. The fraction of sp³-hybridized carbons (Fsp3) is 0.417. The smallest absolute Gasteiger partial charge is 0.339 e. The van der Waals surface area contributed by atoms with Gasteiger partial charge in [-0.1, -0.05) is 43.5 Å². The zero-order valence-corrected chi connectivity index (χ0v) is 14.2. The molecule has 0 aliphatic heterocycles. The van der Waals surface area contributed by atoms with Crippen molar-refractivity contribution < 1.29 is 19.0 Å².